The van der Waals surface area contributed by atoms with Crippen LogP contribution in [-0.2, 0) is 0 Å². The monoisotopic (exact) mass is 429 g/mol. The molecule has 0 bridgehead atoms. The van der Waals surface area contributed by atoms with Gasteiger partial charge < -0.3 is 14.9 Å². The predicted octanol–water partition coefficient (Wildman–Crippen LogP) is 3.62. The van der Waals surface area contributed by atoms with Crippen molar-refractivity contribution >= 4 is 10.9 Å². The number of fused-ring (bicyclic) bond motifs is 1. The van der Waals surface area contributed by atoms with Crippen LogP contribution in [0.2, 0.25) is 0 Å². The molecular formula is C25H39N3O3. The van der Waals surface area contributed by atoms with E-state index >= 15 is 0 Å². The van der Waals surface area contributed by atoms with Gasteiger partial charge in [-0.3, -0.25) is 14.8 Å². The summed E-state index contributed by atoms with van der Waals surface area (Å²) in [6.45, 7) is 6.98. The second kappa shape index (κ2) is 12.3. The third-order valence-electron chi connectivity index (χ3n) is 6.47. The van der Waals surface area contributed by atoms with Gasteiger partial charge in [-0.15, -0.1) is 0 Å². The first-order valence-corrected chi connectivity index (χ1v) is 11.8. The lowest BCUT2D eigenvalue weighted by atomic mass is 10.0. The van der Waals surface area contributed by atoms with Crippen LogP contribution in [0, 0.1) is 0 Å². The van der Waals surface area contributed by atoms with Crippen molar-refractivity contribution in [1.29, 1.82) is 0 Å². The molecule has 3 rings (SSSR count). The van der Waals surface area contributed by atoms with Gasteiger partial charge in [-0.05, 0) is 49.2 Å². The van der Waals surface area contributed by atoms with E-state index in [1.165, 1.54) is 32.1 Å². The molecule has 1 aromatic carbocycles. The highest BCUT2D eigenvalue weighted by atomic mass is 16.5. The Morgan fingerprint density at radius 2 is 2.00 bits per heavy atom. The largest absolute Gasteiger partial charge is 0.497 e. The third kappa shape index (κ3) is 6.62. The Labute approximate surface area is 186 Å². The molecule has 0 spiro atoms. The number of benzene rings is 1. The van der Waals surface area contributed by atoms with E-state index in [0.717, 1.165) is 54.8 Å². The highest BCUT2D eigenvalue weighted by molar-refractivity contribution is 5.83. The SMILES string of the molecule is CCCCCCCN1CCN(CC(O)c2ccnc3ccc(OC)cc23)CC1CCO. The fourth-order valence-electron chi connectivity index (χ4n) is 4.67. The zero-order valence-electron chi connectivity index (χ0n) is 19.2. The summed E-state index contributed by atoms with van der Waals surface area (Å²) in [7, 11) is 1.65. The Morgan fingerprint density at radius 1 is 1.16 bits per heavy atom. The summed E-state index contributed by atoms with van der Waals surface area (Å²) in [6, 6.07) is 8.04. The third-order valence-corrected chi connectivity index (χ3v) is 6.47. The normalized spacial score (nSPS) is 19.0. The summed E-state index contributed by atoms with van der Waals surface area (Å²) in [4.78, 5) is 9.30. The number of aliphatic hydroxyl groups excluding tert-OH is 2. The van der Waals surface area contributed by atoms with Crippen LogP contribution in [0.1, 0.15) is 57.1 Å². The Bertz CT molecular complexity index is 801. The lowest BCUT2D eigenvalue weighted by Crippen LogP contribution is -2.54. The van der Waals surface area contributed by atoms with E-state index in [-0.39, 0.29) is 6.61 Å². The van der Waals surface area contributed by atoms with E-state index in [1.54, 1.807) is 13.3 Å². The van der Waals surface area contributed by atoms with Crippen molar-refractivity contribution in [2.45, 2.75) is 57.6 Å². The lowest BCUT2D eigenvalue weighted by Gasteiger charge is -2.42. The maximum Gasteiger partial charge on any atom is 0.119 e. The fraction of sp³-hybridized carbons (Fsp3) is 0.640. The molecule has 1 fully saturated rings. The molecule has 1 aliphatic heterocycles. The highest BCUT2D eigenvalue weighted by Crippen LogP contribution is 2.28. The number of ether oxygens (including phenoxy) is 1. The van der Waals surface area contributed by atoms with Crippen molar-refractivity contribution in [2.75, 3.05) is 46.4 Å². The van der Waals surface area contributed by atoms with Crippen LogP contribution in [0.5, 0.6) is 5.75 Å². The highest BCUT2D eigenvalue weighted by Gasteiger charge is 2.28. The van der Waals surface area contributed by atoms with E-state index in [1.807, 2.05) is 24.3 Å². The maximum absolute atomic E-state index is 11.1. The van der Waals surface area contributed by atoms with Gasteiger partial charge in [-0.25, -0.2) is 0 Å². The minimum atomic E-state index is -0.590. The molecular weight excluding hydrogens is 390 g/mol. The van der Waals surface area contributed by atoms with Crippen LogP contribution in [0.3, 0.4) is 0 Å². The molecule has 0 amide bonds. The van der Waals surface area contributed by atoms with Gasteiger partial charge in [0.15, 0.2) is 0 Å². The van der Waals surface area contributed by atoms with Gasteiger partial charge in [0.1, 0.15) is 5.75 Å². The van der Waals surface area contributed by atoms with Crippen LogP contribution in [0.4, 0.5) is 0 Å². The molecule has 0 radical (unpaired) electrons. The average Bonchev–Trinajstić information content (AvgIpc) is 2.79. The molecule has 1 aliphatic rings. The van der Waals surface area contributed by atoms with E-state index in [4.69, 9.17) is 4.74 Å². The van der Waals surface area contributed by atoms with Crippen LogP contribution in [-0.4, -0.2) is 77.5 Å². The van der Waals surface area contributed by atoms with Crippen molar-refractivity contribution in [3.63, 3.8) is 0 Å². The number of aliphatic hydroxyl groups is 2. The molecule has 2 atom stereocenters. The predicted molar refractivity (Wildman–Crippen MR) is 126 cm³/mol. The molecule has 2 N–H and O–H groups in total. The van der Waals surface area contributed by atoms with Gasteiger partial charge in [-0.1, -0.05) is 32.6 Å². The van der Waals surface area contributed by atoms with Crippen molar-refractivity contribution in [3.05, 3.63) is 36.0 Å². The van der Waals surface area contributed by atoms with Crippen LogP contribution in [0.15, 0.2) is 30.5 Å². The second-order valence-electron chi connectivity index (χ2n) is 8.67. The number of nitrogens with zero attached hydrogens (tertiary/aromatic N) is 3. The Hall–Kier alpha value is -1.73. The topological polar surface area (TPSA) is 69.1 Å². The molecule has 172 valence electrons. The lowest BCUT2D eigenvalue weighted by molar-refractivity contribution is 0.0302. The molecule has 2 unspecified atom stereocenters. The smallest absolute Gasteiger partial charge is 0.119 e. The first kappa shape index (κ1) is 23.9. The molecule has 2 heterocycles. The quantitative estimate of drug-likeness (QED) is 0.502. The Kier molecular flexibility index (Phi) is 9.53. The molecule has 2 aromatic rings. The number of unbranched alkanes of at least 4 members (excludes halogenated alkanes) is 4. The fourth-order valence-corrected chi connectivity index (χ4v) is 4.67. The summed E-state index contributed by atoms with van der Waals surface area (Å²) >= 11 is 0. The number of methoxy groups -OCH3 is 1. The maximum atomic E-state index is 11.1. The number of piperazine rings is 1. The summed E-state index contributed by atoms with van der Waals surface area (Å²) in [6.07, 6.45) is 8.39. The second-order valence-corrected chi connectivity index (χ2v) is 8.67. The molecule has 0 aliphatic carbocycles. The number of hydrogen-bond donors (Lipinski definition) is 2. The first-order valence-electron chi connectivity index (χ1n) is 11.8. The van der Waals surface area contributed by atoms with Gasteiger partial charge >= 0.3 is 0 Å². The Morgan fingerprint density at radius 3 is 2.77 bits per heavy atom. The molecule has 1 aromatic heterocycles. The molecule has 0 saturated carbocycles. The van der Waals surface area contributed by atoms with Crippen LogP contribution in [0.25, 0.3) is 10.9 Å². The summed E-state index contributed by atoms with van der Waals surface area (Å²) in [5.74, 6) is 0.768. The van der Waals surface area contributed by atoms with Crippen molar-refractivity contribution in [1.82, 2.24) is 14.8 Å². The minimum Gasteiger partial charge on any atom is -0.497 e. The summed E-state index contributed by atoms with van der Waals surface area (Å²) in [5.41, 5.74) is 1.75. The van der Waals surface area contributed by atoms with Gasteiger partial charge in [0.2, 0.25) is 0 Å². The van der Waals surface area contributed by atoms with Crippen LogP contribution < -0.4 is 4.74 Å². The summed E-state index contributed by atoms with van der Waals surface area (Å²) in [5, 5.41) is 21.6. The van der Waals surface area contributed by atoms with E-state index in [0.29, 0.717) is 12.6 Å². The zero-order valence-corrected chi connectivity index (χ0v) is 19.2. The number of hydrogen-bond acceptors (Lipinski definition) is 6. The van der Waals surface area contributed by atoms with Crippen molar-refractivity contribution in [3.8, 4) is 5.75 Å². The van der Waals surface area contributed by atoms with Crippen LogP contribution >= 0.6 is 0 Å². The minimum absolute atomic E-state index is 0.210. The molecule has 6 heteroatoms. The number of pyridine rings is 1. The number of rotatable bonds is 12. The zero-order chi connectivity index (χ0) is 22.1. The molecule has 31 heavy (non-hydrogen) atoms. The first-order chi connectivity index (χ1) is 15.2. The number of β-amino-alcohol motifs (C(OH)–C–C–N with tert-alkyl or cyclic N) is 1. The van der Waals surface area contributed by atoms with Gasteiger partial charge in [-0.2, -0.15) is 0 Å². The standard InChI is InChI=1S/C25H39N3O3/c1-3-4-5-6-7-13-28-15-14-27(18-20(28)11-16-29)19-25(30)22-10-12-26-24-9-8-21(31-2)17-23(22)24/h8-10,12,17,20,25,29-30H,3-7,11,13-16,18-19H2,1-2H3. The number of aromatic nitrogens is 1. The molecule has 6 nitrogen and oxygen atoms in total. The molecule has 1 saturated heterocycles. The van der Waals surface area contributed by atoms with Gasteiger partial charge in [0.25, 0.3) is 0 Å². The summed E-state index contributed by atoms with van der Waals surface area (Å²) < 4.78 is 5.36. The van der Waals surface area contributed by atoms with Gasteiger partial charge in [0.05, 0.1) is 18.7 Å². The average molecular weight is 430 g/mol. The van der Waals surface area contributed by atoms with E-state index < -0.39 is 6.10 Å². The van der Waals surface area contributed by atoms with Crippen molar-refractivity contribution in [2.24, 2.45) is 0 Å². The van der Waals surface area contributed by atoms with Gasteiger partial charge in [0, 0.05) is 50.4 Å². The van der Waals surface area contributed by atoms with Crippen molar-refractivity contribution < 1.29 is 14.9 Å². The van der Waals surface area contributed by atoms with E-state index in [2.05, 4.69) is 21.7 Å². The van der Waals surface area contributed by atoms with E-state index in [9.17, 15) is 10.2 Å². The Balaban J connectivity index is 1.61.